The van der Waals surface area contributed by atoms with Crippen molar-refractivity contribution in [1.82, 2.24) is 0 Å². The molecule has 0 unspecified atom stereocenters. The molecule has 0 N–H and O–H groups in total. The fourth-order valence-corrected chi connectivity index (χ4v) is 1.68. The predicted molar refractivity (Wildman–Crippen MR) is 48.4 cm³/mol. The number of carbonyl (C=O) groups is 2. The summed E-state index contributed by atoms with van der Waals surface area (Å²) in [4.78, 5) is 21.8. The van der Waals surface area contributed by atoms with E-state index in [1.165, 1.54) is 13.8 Å². The summed E-state index contributed by atoms with van der Waals surface area (Å²) in [6.45, 7) is 2.98. The molecule has 7 nitrogen and oxygen atoms in total. The summed E-state index contributed by atoms with van der Waals surface area (Å²) in [5.74, 6) is -2.86. The van der Waals surface area contributed by atoms with Crippen LogP contribution >= 0.6 is 0 Å². The van der Waals surface area contributed by atoms with Gasteiger partial charge >= 0.3 is 65.1 Å². The quantitative estimate of drug-likeness (QED) is 0.271. The zero-order chi connectivity index (χ0) is 13.0. The molecule has 0 rings (SSSR count). The Hall–Kier alpha value is 0.850. The number of aliphatic carboxylic acids is 1. The van der Waals surface area contributed by atoms with Crippen LogP contribution in [0.15, 0.2) is 0 Å². The van der Waals surface area contributed by atoms with Gasteiger partial charge in [-0.15, -0.1) is 0 Å². The number of carbonyl (C=O) groups excluding carboxylic acids is 2. The monoisotopic (exact) mass is 298 g/mol. The summed E-state index contributed by atoms with van der Waals surface area (Å²) in [5, 5.41) is 10.5. The minimum Gasteiger partial charge on any atom is -0.716 e. The molecule has 0 saturated heterocycles. The molecule has 18 heavy (non-hydrogen) atoms. The van der Waals surface area contributed by atoms with Crippen molar-refractivity contribution in [3.63, 3.8) is 0 Å². The van der Waals surface area contributed by atoms with Gasteiger partial charge in [-0.05, 0) is 12.8 Å². The van der Waals surface area contributed by atoms with Crippen LogP contribution in [0.3, 0.4) is 0 Å². The van der Waals surface area contributed by atoms with Crippen LogP contribution in [0, 0.1) is 5.41 Å². The summed E-state index contributed by atoms with van der Waals surface area (Å²) in [5.41, 5.74) is -1.53. The van der Waals surface area contributed by atoms with Gasteiger partial charge in [-0.3, -0.25) is 4.79 Å². The fraction of sp³-hybridized carbons (Fsp3) is 0.750. The summed E-state index contributed by atoms with van der Waals surface area (Å²) in [6.07, 6.45) is -0.619. The maximum atomic E-state index is 11.4. The molecule has 10 heteroatoms. The molecule has 0 bridgehead atoms. The van der Waals surface area contributed by atoms with Gasteiger partial charge in [0, 0.05) is 12.4 Å². The van der Waals surface area contributed by atoms with Gasteiger partial charge in [0.2, 0.25) is 0 Å². The van der Waals surface area contributed by atoms with Gasteiger partial charge in [-0.25, -0.2) is 8.42 Å². The van der Waals surface area contributed by atoms with Crippen molar-refractivity contribution in [1.29, 1.82) is 0 Å². The molecule has 0 heterocycles. The van der Waals surface area contributed by atoms with Crippen molar-refractivity contribution in [3.8, 4) is 0 Å². The number of carboxylic acids is 1. The van der Waals surface area contributed by atoms with E-state index in [0.717, 1.165) is 0 Å². The average Bonchev–Trinajstić information content (AvgIpc) is 2.11. The van der Waals surface area contributed by atoms with Crippen LogP contribution in [0.1, 0.15) is 33.1 Å². The second-order valence-electron chi connectivity index (χ2n) is 3.32. The van der Waals surface area contributed by atoms with Crippen LogP contribution in [-0.4, -0.2) is 24.9 Å². The first-order chi connectivity index (χ1) is 7.17. The zero-order valence-corrected chi connectivity index (χ0v) is 15.7. The van der Waals surface area contributed by atoms with E-state index in [0.29, 0.717) is 0 Å². The van der Waals surface area contributed by atoms with Gasteiger partial charge in [0.15, 0.2) is 0 Å². The Morgan fingerprint density at radius 2 is 1.56 bits per heavy atom. The normalized spacial score (nSPS) is 10.8. The Balaban J connectivity index is -0.00000112. The van der Waals surface area contributed by atoms with Crippen LogP contribution in [0.2, 0.25) is 0 Å². The van der Waals surface area contributed by atoms with Gasteiger partial charge in [-0.1, -0.05) is 13.8 Å². The second kappa shape index (κ2) is 9.71. The van der Waals surface area contributed by atoms with Gasteiger partial charge in [0.05, 0.1) is 5.41 Å². The van der Waals surface area contributed by atoms with Crippen LogP contribution in [-0.2, 0) is 24.2 Å². The second-order valence-corrected chi connectivity index (χ2v) is 4.30. The molecule has 0 aliphatic heterocycles. The summed E-state index contributed by atoms with van der Waals surface area (Å²) in [6, 6.07) is 0. The Kier molecular flexibility index (Phi) is 12.9. The summed E-state index contributed by atoms with van der Waals surface area (Å²) >= 11 is 0. The van der Waals surface area contributed by atoms with E-state index in [-0.39, 0.29) is 72.0 Å². The smallest absolute Gasteiger partial charge is 0.716 e. The minimum atomic E-state index is -5.18. The third-order valence-electron chi connectivity index (χ3n) is 2.45. The fourth-order valence-electron chi connectivity index (χ4n) is 1.32. The Labute approximate surface area is 150 Å². The van der Waals surface area contributed by atoms with Gasteiger partial charge in [0.25, 0.3) is 10.4 Å². The number of hydrogen-bond acceptors (Lipinski definition) is 7. The predicted octanol–water partition coefficient (Wildman–Crippen LogP) is -7.06. The molecular formula is C8H12Na2O7S. The molecule has 0 spiro atoms. The minimum absolute atomic E-state index is 0. The van der Waals surface area contributed by atoms with Crippen LogP contribution < -0.4 is 64.2 Å². The Bertz CT molecular complexity index is 375. The summed E-state index contributed by atoms with van der Waals surface area (Å²) < 4.78 is 34.4. The van der Waals surface area contributed by atoms with E-state index in [1.807, 2.05) is 0 Å². The Morgan fingerprint density at radius 3 is 1.78 bits per heavy atom. The number of carboxylic acid groups (broad SMARTS) is 1. The first kappa shape index (κ1) is 23.9. The molecule has 0 fully saturated rings. The largest absolute Gasteiger partial charge is 1.00 e. The number of rotatable bonds is 6. The number of hydrogen-bond donors (Lipinski definition) is 0. The van der Waals surface area contributed by atoms with Crippen molar-refractivity contribution in [2.75, 3.05) is 0 Å². The SMILES string of the molecule is CCC(CC)(CC(=O)[O-])C(=O)OS(=O)(=O)[O-].[Na+].[Na+]. The topological polar surface area (TPSA) is 124 Å². The maximum absolute atomic E-state index is 11.4. The first-order valence-electron chi connectivity index (χ1n) is 4.56. The van der Waals surface area contributed by atoms with E-state index in [2.05, 4.69) is 4.18 Å². The zero-order valence-electron chi connectivity index (χ0n) is 10.9. The van der Waals surface area contributed by atoms with Crippen LogP contribution in [0.25, 0.3) is 0 Å². The van der Waals surface area contributed by atoms with E-state index in [1.54, 1.807) is 0 Å². The first-order valence-corrected chi connectivity index (χ1v) is 5.89. The molecule has 94 valence electrons. The molecule has 0 saturated carbocycles. The van der Waals surface area contributed by atoms with Gasteiger partial charge in [-0.2, -0.15) is 0 Å². The van der Waals surface area contributed by atoms with Crippen molar-refractivity contribution in [3.05, 3.63) is 0 Å². The third kappa shape index (κ3) is 8.11. The summed E-state index contributed by atoms with van der Waals surface area (Å²) in [7, 11) is -5.18. The van der Waals surface area contributed by atoms with E-state index in [4.69, 9.17) is 0 Å². The van der Waals surface area contributed by atoms with Crippen molar-refractivity contribution < 1.29 is 91.0 Å². The van der Waals surface area contributed by atoms with E-state index < -0.39 is 34.2 Å². The molecule has 0 aliphatic rings. The molecule has 0 aromatic rings. The third-order valence-corrected chi connectivity index (χ3v) is 2.80. The van der Waals surface area contributed by atoms with E-state index >= 15 is 0 Å². The molecule has 0 atom stereocenters. The van der Waals surface area contributed by atoms with Crippen molar-refractivity contribution in [2.24, 2.45) is 5.41 Å². The van der Waals surface area contributed by atoms with E-state index in [9.17, 15) is 27.7 Å². The average molecular weight is 298 g/mol. The molecule has 0 amide bonds. The molecule has 0 aromatic carbocycles. The van der Waals surface area contributed by atoms with Gasteiger partial charge < -0.3 is 18.6 Å². The molecule has 0 aromatic heterocycles. The molecule has 0 aliphatic carbocycles. The Morgan fingerprint density at radius 1 is 1.17 bits per heavy atom. The van der Waals surface area contributed by atoms with Crippen molar-refractivity contribution in [2.45, 2.75) is 33.1 Å². The standard InChI is InChI=1S/C8H14O7S.2Na/c1-3-8(4-2,5-6(9)10)7(11)15-16(12,13)14;;/h3-5H2,1-2H3,(H,9,10)(H,12,13,14);;/q;2*+1/p-2. The van der Waals surface area contributed by atoms with Crippen LogP contribution in [0.5, 0.6) is 0 Å². The molecule has 0 radical (unpaired) electrons. The van der Waals surface area contributed by atoms with Crippen molar-refractivity contribution >= 4 is 22.3 Å². The maximum Gasteiger partial charge on any atom is 1.00 e. The van der Waals surface area contributed by atoms with Gasteiger partial charge in [0.1, 0.15) is 0 Å². The van der Waals surface area contributed by atoms with Crippen LogP contribution in [0.4, 0.5) is 0 Å². The molecular weight excluding hydrogens is 286 g/mol.